The summed E-state index contributed by atoms with van der Waals surface area (Å²) in [5, 5.41) is 13.0. The van der Waals surface area contributed by atoms with Gasteiger partial charge in [0.15, 0.2) is 5.69 Å². The van der Waals surface area contributed by atoms with Gasteiger partial charge in [-0.15, -0.1) is 0 Å². The summed E-state index contributed by atoms with van der Waals surface area (Å²) in [6.45, 7) is 0. The second-order valence-corrected chi connectivity index (χ2v) is 4.55. The van der Waals surface area contributed by atoms with Crippen molar-refractivity contribution in [3.63, 3.8) is 0 Å². The van der Waals surface area contributed by atoms with Crippen molar-refractivity contribution >= 4 is 11.7 Å². The number of esters is 1. The lowest BCUT2D eigenvalue weighted by Crippen LogP contribution is -2.24. The summed E-state index contributed by atoms with van der Waals surface area (Å²) in [5.41, 5.74) is 6.35. The van der Waals surface area contributed by atoms with Crippen LogP contribution in [0.1, 0.15) is 37.4 Å². The van der Waals surface area contributed by atoms with Crippen molar-refractivity contribution in [3.05, 3.63) is 11.9 Å². The zero-order valence-corrected chi connectivity index (χ0v) is 10.3. The fourth-order valence-electron chi connectivity index (χ4n) is 2.42. The molecule has 0 radical (unpaired) electrons. The minimum absolute atomic E-state index is 0.00500. The number of carbonyl (C=O) groups is 1. The Hall–Kier alpha value is -2.03. The van der Waals surface area contributed by atoms with Crippen LogP contribution in [0.15, 0.2) is 6.20 Å². The summed E-state index contributed by atoms with van der Waals surface area (Å²) in [4.78, 5) is 11.4. The first-order valence-electron chi connectivity index (χ1n) is 5.98. The van der Waals surface area contributed by atoms with Gasteiger partial charge in [0.05, 0.1) is 24.8 Å². The van der Waals surface area contributed by atoms with E-state index in [0.29, 0.717) is 5.69 Å². The Morgan fingerprint density at radius 3 is 2.72 bits per heavy atom. The molecular weight excluding hydrogens is 232 g/mol. The van der Waals surface area contributed by atoms with Crippen molar-refractivity contribution < 1.29 is 9.53 Å². The Kier molecular flexibility index (Phi) is 3.51. The molecule has 1 aliphatic carbocycles. The number of methoxy groups -OCH3 is 1. The highest BCUT2D eigenvalue weighted by atomic mass is 16.5. The molecule has 1 aromatic heterocycles. The van der Waals surface area contributed by atoms with Crippen molar-refractivity contribution in [1.29, 1.82) is 5.26 Å². The molecular formula is C12H16N4O2. The monoisotopic (exact) mass is 248 g/mol. The Labute approximate surface area is 105 Å². The molecule has 0 bridgehead atoms. The molecule has 18 heavy (non-hydrogen) atoms. The van der Waals surface area contributed by atoms with E-state index in [2.05, 4.69) is 5.10 Å². The van der Waals surface area contributed by atoms with Gasteiger partial charge in [0.25, 0.3) is 0 Å². The molecule has 1 fully saturated rings. The molecule has 0 saturated heterocycles. The molecule has 2 rings (SSSR count). The molecule has 0 unspecified atom stereocenters. The van der Waals surface area contributed by atoms with Crippen molar-refractivity contribution in [2.24, 2.45) is 5.92 Å². The summed E-state index contributed by atoms with van der Waals surface area (Å²) in [5.74, 6) is -0.138. The summed E-state index contributed by atoms with van der Waals surface area (Å²) in [7, 11) is 1.42. The minimum atomic E-state index is -0.133. The van der Waals surface area contributed by atoms with Crippen LogP contribution < -0.4 is 5.73 Å². The van der Waals surface area contributed by atoms with Crippen LogP contribution >= 0.6 is 0 Å². The van der Waals surface area contributed by atoms with Gasteiger partial charge < -0.3 is 10.5 Å². The Bertz CT molecular complexity index is 481. The van der Waals surface area contributed by atoms with Gasteiger partial charge in [-0.2, -0.15) is 10.4 Å². The predicted molar refractivity (Wildman–Crippen MR) is 64.4 cm³/mol. The third kappa shape index (κ3) is 2.30. The standard InChI is InChI=1S/C12H16N4O2/c1-18-12(17)8-2-4-9(5-3-8)16-7-10(14)11(6-13)15-16/h7-9H,2-5,14H2,1H3. The van der Waals surface area contributed by atoms with Gasteiger partial charge >= 0.3 is 5.97 Å². The second kappa shape index (κ2) is 5.08. The molecule has 0 atom stereocenters. The van der Waals surface area contributed by atoms with E-state index < -0.39 is 0 Å². The molecule has 1 aromatic rings. The molecule has 2 N–H and O–H groups in total. The van der Waals surface area contributed by atoms with Crippen LogP contribution in [0.2, 0.25) is 0 Å². The van der Waals surface area contributed by atoms with Gasteiger partial charge in [0.2, 0.25) is 0 Å². The largest absolute Gasteiger partial charge is 0.469 e. The molecule has 0 aliphatic heterocycles. The van der Waals surface area contributed by atoms with Gasteiger partial charge in [0, 0.05) is 6.20 Å². The Morgan fingerprint density at radius 2 is 2.22 bits per heavy atom. The summed E-state index contributed by atoms with van der Waals surface area (Å²) >= 11 is 0. The quantitative estimate of drug-likeness (QED) is 0.795. The SMILES string of the molecule is COC(=O)C1CCC(n2cc(N)c(C#N)n2)CC1. The maximum Gasteiger partial charge on any atom is 0.308 e. The van der Waals surface area contributed by atoms with Gasteiger partial charge in [-0.3, -0.25) is 9.48 Å². The van der Waals surface area contributed by atoms with E-state index in [1.165, 1.54) is 7.11 Å². The summed E-state index contributed by atoms with van der Waals surface area (Å²) in [6.07, 6.45) is 4.98. The van der Waals surface area contributed by atoms with Gasteiger partial charge in [0.1, 0.15) is 6.07 Å². The highest BCUT2D eigenvalue weighted by molar-refractivity contribution is 5.72. The molecule has 1 heterocycles. The Balaban J connectivity index is 2.01. The number of nitrogens with two attached hydrogens (primary N) is 1. The van der Waals surface area contributed by atoms with Crippen molar-refractivity contribution in [2.75, 3.05) is 12.8 Å². The van der Waals surface area contributed by atoms with Crippen LogP contribution in [0, 0.1) is 17.2 Å². The zero-order chi connectivity index (χ0) is 13.1. The number of ether oxygens (including phenoxy) is 1. The number of nitrogen functional groups attached to an aromatic ring is 1. The van der Waals surface area contributed by atoms with E-state index >= 15 is 0 Å². The van der Waals surface area contributed by atoms with Gasteiger partial charge in [-0.1, -0.05) is 0 Å². The topological polar surface area (TPSA) is 93.9 Å². The Morgan fingerprint density at radius 1 is 1.56 bits per heavy atom. The highest BCUT2D eigenvalue weighted by Crippen LogP contribution is 2.33. The van der Waals surface area contributed by atoms with Crippen LogP contribution in [-0.2, 0) is 9.53 Å². The molecule has 6 heteroatoms. The second-order valence-electron chi connectivity index (χ2n) is 4.55. The van der Waals surface area contributed by atoms with Crippen molar-refractivity contribution in [1.82, 2.24) is 9.78 Å². The fraction of sp³-hybridized carbons (Fsp3) is 0.583. The molecule has 0 spiro atoms. The normalized spacial score (nSPS) is 23.3. The van der Waals surface area contributed by atoms with E-state index in [1.54, 1.807) is 10.9 Å². The molecule has 0 aromatic carbocycles. The maximum atomic E-state index is 11.4. The lowest BCUT2D eigenvalue weighted by Gasteiger charge is -2.26. The first kappa shape index (κ1) is 12.4. The first-order chi connectivity index (χ1) is 8.65. The number of hydrogen-bond acceptors (Lipinski definition) is 5. The third-order valence-electron chi connectivity index (χ3n) is 3.47. The van der Waals surface area contributed by atoms with Crippen LogP contribution in [0.4, 0.5) is 5.69 Å². The minimum Gasteiger partial charge on any atom is -0.469 e. The highest BCUT2D eigenvalue weighted by Gasteiger charge is 2.28. The lowest BCUT2D eigenvalue weighted by molar-refractivity contribution is -0.146. The summed E-state index contributed by atoms with van der Waals surface area (Å²) < 4.78 is 6.50. The lowest BCUT2D eigenvalue weighted by atomic mass is 9.86. The average Bonchev–Trinajstić information content (AvgIpc) is 2.79. The van der Waals surface area contributed by atoms with Crippen LogP contribution in [0.5, 0.6) is 0 Å². The number of rotatable bonds is 2. The number of anilines is 1. The van der Waals surface area contributed by atoms with E-state index in [-0.39, 0.29) is 23.6 Å². The molecule has 1 aliphatic rings. The first-order valence-corrected chi connectivity index (χ1v) is 5.98. The predicted octanol–water partition coefficient (Wildman–Crippen LogP) is 1.24. The zero-order valence-electron chi connectivity index (χ0n) is 10.3. The number of carbonyl (C=O) groups excluding carboxylic acids is 1. The number of nitriles is 1. The third-order valence-corrected chi connectivity index (χ3v) is 3.47. The van der Waals surface area contributed by atoms with Crippen molar-refractivity contribution in [2.45, 2.75) is 31.7 Å². The number of aromatic nitrogens is 2. The smallest absolute Gasteiger partial charge is 0.308 e. The fourth-order valence-corrected chi connectivity index (χ4v) is 2.42. The van der Waals surface area contributed by atoms with Crippen LogP contribution in [-0.4, -0.2) is 22.9 Å². The summed E-state index contributed by atoms with van der Waals surface area (Å²) in [6, 6.07) is 2.18. The molecule has 0 amide bonds. The maximum absolute atomic E-state index is 11.4. The number of nitrogens with zero attached hydrogens (tertiary/aromatic N) is 3. The van der Waals surface area contributed by atoms with E-state index in [0.717, 1.165) is 25.7 Å². The number of hydrogen-bond donors (Lipinski definition) is 1. The van der Waals surface area contributed by atoms with E-state index in [1.807, 2.05) is 6.07 Å². The molecule has 96 valence electrons. The van der Waals surface area contributed by atoms with E-state index in [9.17, 15) is 4.79 Å². The van der Waals surface area contributed by atoms with Crippen LogP contribution in [0.3, 0.4) is 0 Å². The molecule has 6 nitrogen and oxygen atoms in total. The van der Waals surface area contributed by atoms with Gasteiger partial charge in [-0.25, -0.2) is 0 Å². The van der Waals surface area contributed by atoms with Crippen molar-refractivity contribution in [3.8, 4) is 6.07 Å². The average molecular weight is 248 g/mol. The molecule has 1 saturated carbocycles. The van der Waals surface area contributed by atoms with Crippen LogP contribution in [0.25, 0.3) is 0 Å². The van der Waals surface area contributed by atoms with Gasteiger partial charge in [-0.05, 0) is 25.7 Å². The van der Waals surface area contributed by atoms with E-state index in [4.69, 9.17) is 15.7 Å².